The first-order valence-corrected chi connectivity index (χ1v) is 11.0. The van der Waals surface area contributed by atoms with Gasteiger partial charge < -0.3 is 18.9 Å². The summed E-state index contributed by atoms with van der Waals surface area (Å²) in [4.78, 5) is 28.3. The molecule has 0 radical (unpaired) electrons. The number of hydrogen-bond acceptors (Lipinski definition) is 7. The van der Waals surface area contributed by atoms with E-state index in [1.807, 2.05) is 13.8 Å². The number of nitrogens with zero attached hydrogens (tertiary/aromatic N) is 1. The molecule has 1 aliphatic heterocycles. The average molecular weight is 553 g/mol. The molecule has 2 aromatic rings. The van der Waals surface area contributed by atoms with Crippen molar-refractivity contribution in [2.75, 3.05) is 13.2 Å². The fourth-order valence-corrected chi connectivity index (χ4v) is 4.14. The second-order valence-electron chi connectivity index (χ2n) is 6.26. The Hall–Kier alpha value is -2.65. The Morgan fingerprint density at radius 2 is 1.81 bits per heavy atom. The van der Waals surface area contributed by atoms with Gasteiger partial charge in [0.05, 0.1) is 17.7 Å². The highest BCUT2D eigenvalue weighted by molar-refractivity contribution is 9.11. The first-order valence-electron chi connectivity index (χ1n) is 9.42. The van der Waals surface area contributed by atoms with Crippen molar-refractivity contribution in [2.45, 2.75) is 20.8 Å². The highest BCUT2D eigenvalue weighted by atomic mass is 79.9. The van der Waals surface area contributed by atoms with Crippen LogP contribution in [0.1, 0.15) is 31.9 Å². The Morgan fingerprint density at radius 1 is 1.10 bits per heavy atom. The molecule has 0 aromatic heterocycles. The normalized spacial score (nSPS) is 14.3. The lowest BCUT2D eigenvalue weighted by molar-refractivity contribution is -0.132. The zero-order chi connectivity index (χ0) is 22.5. The van der Waals surface area contributed by atoms with Gasteiger partial charge in [-0.2, -0.15) is 0 Å². The summed E-state index contributed by atoms with van der Waals surface area (Å²) in [6, 6.07) is 8.64. The molecule has 1 aliphatic rings. The number of ether oxygens (including phenoxy) is 4. The molecule has 3 rings (SSSR count). The zero-order valence-electron chi connectivity index (χ0n) is 17.0. The van der Waals surface area contributed by atoms with Crippen LogP contribution >= 0.6 is 31.9 Å². The number of esters is 2. The van der Waals surface area contributed by atoms with Gasteiger partial charge in [-0.1, -0.05) is 15.9 Å². The van der Waals surface area contributed by atoms with Crippen molar-refractivity contribution < 1.29 is 28.5 Å². The van der Waals surface area contributed by atoms with Crippen molar-refractivity contribution >= 4 is 55.8 Å². The summed E-state index contributed by atoms with van der Waals surface area (Å²) in [6.45, 7) is 6.00. The van der Waals surface area contributed by atoms with E-state index in [1.165, 1.54) is 13.0 Å². The molecule has 0 spiro atoms. The number of hydrogen-bond donors (Lipinski definition) is 0. The van der Waals surface area contributed by atoms with Gasteiger partial charge in [0, 0.05) is 22.5 Å². The van der Waals surface area contributed by atoms with Crippen LogP contribution in [0.4, 0.5) is 0 Å². The first kappa shape index (κ1) is 23.0. The van der Waals surface area contributed by atoms with E-state index in [1.54, 1.807) is 30.3 Å². The van der Waals surface area contributed by atoms with Crippen LogP contribution in [0.15, 0.2) is 50.0 Å². The fraction of sp³-hybridized carbons (Fsp3) is 0.227. The minimum atomic E-state index is -0.619. The molecule has 7 nitrogen and oxygen atoms in total. The number of benzene rings is 2. The topological polar surface area (TPSA) is 83.4 Å². The van der Waals surface area contributed by atoms with Crippen molar-refractivity contribution in [2.24, 2.45) is 4.99 Å². The van der Waals surface area contributed by atoms with Crippen molar-refractivity contribution in [1.29, 1.82) is 0 Å². The third kappa shape index (κ3) is 5.54. The third-order valence-electron chi connectivity index (χ3n) is 3.99. The molecule has 2 aromatic carbocycles. The average Bonchev–Trinajstić information content (AvgIpc) is 3.06. The van der Waals surface area contributed by atoms with E-state index in [2.05, 4.69) is 36.9 Å². The standard InChI is InChI=1S/C22H19Br2NO6/c1-4-28-18-7-6-13(10-19(18)29-5-2)21-25-17(22(27)31-21)9-14-8-15(23)11-16(24)20(14)30-12(3)26/h6-11H,4-5H2,1-3H3/b17-9-. The van der Waals surface area contributed by atoms with Gasteiger partial charge >= 0.3 is 11.9 Å². The molecule has 0 bridgehead atoms. The molecule has 0 saturated heterocycles. The van der Waals surface area contributed by atoms with Crippen LogP contribution in [-0.4, -0.2) is 31.1 Å². The van der Waals surface area contributed by atoms with E-state index >= 15 is 0 Å². The second-order valence-corrected chi connectivity index (χ2v) is 8.03. The predicted octanol–water partition coefficient (Wildman–Crippen LogP) is 5.28. The number of carbonyl (C=O) groups is 2. The quantitative estimate of drug-likeness (QED) is 0.264. The number of carbonyl (C=O) groups excluding carboxylic acids is 2. The lowest BCUT2D eigenvalue weighted by Crippen LogP contribution is -2.07. The smallest absolute Gasteiger partial charge is 0.363 e. The van der Waals surface area contributed by atoms with E-state index in [0.717, 1.165) is 4.47 Å². The van der Waals surface area contributed by atoms with Gasteiger partial charge in [0.2, 0.25) is 5.90 Å². The van der Waals surface area contributed by atoms with Gasteiger partial charge in [-0.05, 0) is 66.2 Å². The van der Waals surface area contributed by atoms with Crippen LogP contribution in [0.3, 0.4) is 0 Å². The van der Waals surface area contributed by atoms with Crippen LogP contribution in [0.5, 0.6) is 17.2 Å². The highest BCUT2D eigenvalue weighted by Crippen LogP contribution is 2.36. The SMILES string of the molecule is CCOc1ccc(C2=N/C(=C\c3cc(Br)cc(Br)c3OC(C)=O)C(=O)O2)cc1OCC. The molecule has 0 amide bonds. The number of rotatable bonds is 7. The molecular formula is C22H19Br2NO6. The highest BCUT2D eigenvalue weighted by Gasteiger charge is 2.26. The molecule has 9 heteroatoms. The van der Waals surface area contributed by atoms with Gasteiger partial charge in [-0.25, -0.2) is 9.79 Å². The van der Waals surface area contributed by atoms with Gasteiger partial charge in [-0.15, -0.1) is 0 Å². The van der Waals surface area contributed by atoms with Crippen molar-refractivity contribution in [3.05, 3.63) is 56.1 Å². The molecule has 0 saturated carbocycles. The van der Waals surface area contributed by atoms with E-state index in [0.29, 0.717) is 40.3 Å². The summed E-state index contributed by atoms with van der Waals surface area (Å²) in [7, 11) is 0. The maximum atomic E-state index is 12.5. The zero-order valence-corrected chi connectivity index (χ0v) is 20.2. The van der Waals surface area contributed by atoms with E-state index < -0.39 is 11.9 Å². The summed E-state index contributed by atoms with van der Waals surface area (Å²) < 4.78 is 23.1. The summed E-state index contributed by atoms with van der Waals surface area (Å²) in [5, 5.41) is 0. The van der Waals surface area contributed by atoms with Gasteiger partial charge in [0.1, 0.15) is 0 Å². The Bertz CT molecular complexity index is 1090. The van der Waals surface area contributed by atoms with E-state index in [4.69, 9.17) is 18.9 Å². The molecule has 162 valence electrons. The molecular weight excluding hydrogens is 534 g/mol. The molecule has 0 atom stereocenters. The van der Waals surface area contributed by atoms with E-state index in [-0.39, 0.29) is 17.3 Å². The van der Waals surface area contributed by atoms with Crippen LogP contribution in [-0.2, 0) is 14.3 Å². The predicted molar refractivity (Wildman–Crippen MR) is 123 cm³/mol. The van der Waals surface area contributed by atoms with Gasteiger partial charge in [0.25, 0.3) is 0 Å². The summed E-state index contributed by atoms with van der Waals surface area (Å²) >= 11 is 6.76. The maximum absolute atomic E-state index is 12.5. The first-order chi connectivity index (χ1) is 14.8. The second kappa shape index (κ2) is 10.1. The summed E-state index contributed by atoms with van der Waals surface area (Å²) in [5.74, 6) is 0.443. The van der Waals surface area contributed by atoms with E-state index in [9.17, 15) is 9.59 Å². The Balaban J connectivity index is 2.00. The fourth-order valence-electron chi connectivity index (χ4n) is 2.80. The van der Waals surface area contributed by atoms with Gasteiger partial charge in [0.15, 0.2) is 22.9 Å². The summed E-state index contributed by atoms with van der Waals surface area (Å²) in [5.41, 5.74) is 1.12. The lowest BCUT2D eigenvalue weighted by Gasteiger charge is -2.11. The Kier molecular flexibility index (Phi) is 7.50. The molecule has 31 heavy (non-hydrogen) atoms. The largest absolute Gasteiger partial charge is 0.490 e. The molecule has 0 unspecified atom stereocenters. The van der Waals surface area contributed by atoms with Crippen LogP contribution < -0.4 is 14.2 Å². The van der Waals surface area contributed by atoms with Gasteiger partial charge in [-0.3, -0.25) is 4.79 Å². The molecule has 0 N–H and O–H groups in total. The minimum absolute atomic E-state index is 0.0697. The minimum Gasteiger partial charge on any atom is -0.490 e. The van der Waals surface area contributed by atoms with Crippen LogP contribution in [0.2, 0.25) is 0 Å². The van der Waals surface area contributed by atoms with Crippen LogP contribution in [0, 0.1) is 0 Å². The number of aliphatic imine (C=N–C) groups is 1. The Labute approximate surface area is 196 Å². The van der Waals surface area contributed by atoms with Crippen molar-refractivity contribution in [3.8, 4) is 17.2 Å². The third-order valence-corrected chi connectivity index (χ3v) is 5.03. The summed E-state index contributed by atoms with van der Waals surface area (Å²) in [6.07, 6.45) is 1.50. The number of cyclic esters (lactones) is 1. The van der Waals surface area contributed by atoms with Crippen molar-refractivity contribution in [3.63, 3.8) is 0 Å². The van der Waals surface area contributed by atoms with Crippen molar-refractivity contribution in [1.82, 2.24) is 0 Å². The van der Waals surface area contributed by atoms with Crippen LogP contribution in [0.25, 0.3) is 6.08 Å². The monoisotopic (exact) mass is 551 g/mol. The number of halogens is 2. The lowest BCUT2D eigenvalue weighted by atomic mass is 10.1. The molecule has 0 fully saturated rings. The Morgan fingerprint density at radius 3 is 2.48 bits per heavy atom. The molecule has 0 aliphatic carbocycles. The maximum Gasteiger partial charge on any atom is 0.363 e. The molecule has 1 heterocycles.